The van der Waals surface area contributed by atoms with Crippen molar-refractivity contribution in [1.29, 1.82) is 0 Å². The van der Waals surface area contributed by atoms with E-state index in [0.717, 1.165) is 23.2 Å². The van der Waals surface area contributed by atoms with Gasteiger partial charge in [-0.2, -0.15) is 0 Å². The maximum Gasteiger partial charge on any atom is 0.236 e. The summed E-state index contributed by atoms with van der Waals surface area (Å²) in [5, 5.41) is 21.0. The first kappa shape index (κ1) is 26.6. The van der Waals surface area contributed by atoms with Crippen molar-refractivity contribution in [3.63, 3.8) is 0 Å². The summed E-state index contributed by atoms with van der Waals surface area (Å²) in [4.78, 5) is 9.53. The summed E-state index contributed by atoms with van der Waals surface area (Å²) < 4.78 is 26.4. The molecule has 9 heteroatoms. The van der Waals surface area contributed by atoms with Crippen LogP contribution in [0.5, 0.6) is 0 Å². The van der Waals surface area contributed by atoms with E-state index in [4.69, 9.17) is 19.4 Å². The van der Waals surface area contributed by atoms with Gasteiger partial charge >= 0.3 is 0 Å². The van der Waals surface area contributed by atoms with E-state index in [-0.39, 0.29) is 18.2 Å². The van der Waals surface area contributed by atoms with Crippen LogP contribution in [0.3, 0.4) is 0 Å². The van der Waals surface area contributed by atoms with E-state index in [0.29, 0.717) is 31.3 Å². The highest BCUT2D eigenvalue weighted by Gasteiger charge is 2.21. The Morgan fingerprint density at radius 3 is 2.47 bits per heavy atom. The Hall–Kier alpha value is -2.04. The minimum absolute atomic E-state index is 0.0826. The third-order valence-corrected chi connectivity index (χ3v) is 6.25. The molecule has 186 valence electrons. The predicted molar refractivity (Wildman–Crippen MR) is 134 cm³/mol. The average molecular weight is 492 g/mol. The van der Waals surface area contributed by atoms with Gasteiger partial charge in [-0.05, 0) is 36.6 Å². The molecule has 1 saturated heterocycles. The van der Waals surface area contributed by atoms with Crippen LogP contribution in [0.2, 0.25) is 0 Å². The molecule has 0 radical (unpaired) electrons. The summed E-state index contributed by atoms with van der Waals surface area (Å²) in [6.07, 6.45) is 4.59. The number of aromatic nitrogens is 2. The summed E-state index contributed by atoms with van der Waals surface area (Å²) >= 11 is 1.49. The summed E-state index contributed by atoms with van der Waals surface area (Å²) in [7, 11) is 1.89. The molecule has 0 aliphatic carbocycles. The Bertz CT molecular complexity index is 952. The van der Waals surface area contributed by atoms with Gasteiger partial charge in [0.2, 0.25) is 5.95 Å². The fourth-order valence-corrected chi connectivity index (χ4v) is 3.93. The Morgan fingerprint density at radius 1 is 1.18 bits per heavy atom. The number of nitrogens with zero attached hydrogens (tertiary/aromatic N) is 3. The molecule has 0 bridgehead atoms. The molecule has 7 nitrogen and oxygen atoms in total. The lowest BCUT2D eigenvalue weighted by Gasteiger charge is -2.25. The molecule has 1 aromatic heterocycles. The second kappa shape index (κ2) is 12.6. The van der Waals surface area contributed by atoms with Crippen LogP contribution in [-0.4, -0.2) is 65.2 Å². The maximum absolute atomic E-state index is 13.6. The lowest BCUT2D eigenvalue weighted by Crippen LogP contribution is -2.30. The lowest BCUT2D eigenvalue weighted by molar-refractivity contribution is -0.192. The summed E-state index contributed by atoms with van der Waals surface area (Å²) in [5.74, 6) is 0.311. The van der Waals surface area contributed by atoms with E-state index in [2.05, 4.69) is 0 Å². The minimum atomic E-state index is -0.881. The van der Waals surface area contributed by atoms with Crippen LogP contribution in [0.4, 0.5) is 10.3 Å². The van der Waals surface area contributed by atoms with E-state index >= 15 is 0 Å². The number of halogens is 1. The van der Waals surface area contributed by atoms with Crippen LogP contribution in [0.25, 0.3) is 17.3 Å². The molecular formula is C25H34FN3O4S. The highest BCUT2D eigenvalue weighted by atomic mass is 32.2. The topological polar surface area (TPSA) is 87.9 Å². The van der Waals surface area contributed by atoms with Gasteiger partial charge in [-0.25, -0.2) is 14.4 Å². The average Bonchev–Trinajstić information content (AvgIpc) is 2.82. The van der Waals surface area contributed by atoms with Gasteiger partial charge in [0.15, 0.2) is 6.29 Å². The molecule has 1 fully saturated rings. The van der Waals surface area contributed by atoms with Crippen molar-refractivity contribution in [3.8, 4) is 11.3 Å². The van der Waals surface area contributed by atoms with Gasteiger partial charge in [0, 0.05) is 37.3 Å². The smallest absolute Gasteiger partial charge is 0.236 e. The number of benzene rings is 1. The molecule has 2 N–H and O–H groups in total. The standard InChI is InChI=1S/C25H34FN3O4S/c1-16(2)23-21(11-10-19(30)14-20(31)15-22-32-12-5-13-33-22)24(17-6-8-18(26)9-7-17)28-25(27-23)29(3)34-4/h6-11,16,19-20,22,30-31H,5,12-15H2,1-4H3/b11-10+. The number of rotatable bonds is 10. The molecule has 0 spiro atoms. The zero-order valence-corrected chi connectivity index (χ0v) is 21.0. The number of aliphatic hydroxyl groups excluding tert-OH is 2. The quantitative estimate of drug-likeness (QED) is 0.473. The number of hydrogen-bond acceptors (Lipinski definition) is 8. The monoisotopic (exact) mass is 491 g/mol. The van der Waals surface area contributed by atoms with E-state index in [9.17, 15) is 14.6 Å². The fourth-order valence-electron chi connectivity index (χ4n) is 3.68. The van der Waals surface area contributed by atoms with Crippen LogP contribution in [0, 0.1) is 5.82 Å². The van der Waals surface area contributed by atoms with E-state index in [1.807, 2.05) is 31.5 Å². The van der Waals surface area contributed by atoms with Crippen LogP contribution in [-0.2, 0) is 9.47 Å². The van der Waals surface area contributed by atoms with E-state index in [1.165, 1.54) is 24.1 Å². The van der Waals surface area contributed by atoms with Gasteiger partial charge in [-0.1, -0.05) is 37.9 Å². The summed E-state index contributed by atoms with van der Waals surface area (Å²) in [6.45, 7) is 5.32. The number of aliphatic hydroxyl groups is 2. The molecule has 2 unspecified atom stereocenters. The highest BCUT2D eigenvalue weighted by Crippen LogP contribution is 2.32. The van der Waals surface area contributed by atoms with Crippen molar-refractivity contribution in [2.45, 2.75) is 57.5 Å². The first-order valence-corrected chi connectivity index (χ1v) is 12.7. The Morgan fingerprint density at radius 2 is 1.85 bits per heavy atom. The highest BCUT2D eigenvalue weighted by molar-refractivity contribution is 7.99. The van der Waals surface area contributed by atoms with Crippen LogP contribution < -0.4 is 4.31 Å². The lowest BCUT2D eigenvalue weighted by atomic mass is 9.97. The van der Waals surface area contributed by atoms with Crippen molar-refractivity contribution < 1.29 is 24.1 Å². The van der Waals surface area contributed by atoms with Crippen LogP contribution in [0.15, 0.2) is 30.3 Å². The first-order chi connectivity index (χ1) is 16.3. The second-order valence-electron chi connectivity index (χ2n) is 8.59. The Balaban J connectivity index is 1.88. The van der Waals surface area contributed by atoms with Gasteiger partial charge in [-0.15, -0.1) is 0 Å². The Kier molecular flexibility index (Phi) is 9.85. The number of ether oxygens (including phenoxy) is 2. The molecule has 1 aromatic carbocycles. The molecule has 0 saturated carbocycles. The third kappa shape index (κ3) is 7.23. The summed E-state index contributed by atoms with van der Waals surface area (Å²) in [6, 6.07) is 6.18. The largest absolute Gasteiger partial charge is 0.393 e. The van der Waals surface area contributed by atoms with Crippen molar-refractivity contribution in [2.75, 3.05) is 30.8 Å². The molecule has 2 heterocycles. The van der Waals surface area contributed by atoms with E-state index < -0.39 is 18.5 Å². The third-order valence-electron chi connectivity index (χ3n) is 5.54. The normalized spacial score (nSPS) is 16.8. The maximum atomic E-state index is 13.6. The fraction of sp³-hybridized carbons (Fsp3) is 0.520. The number of anilines is 1. The first-order valence-electron chi connectivity index (χ1n) is 11.5. The molecule has 1 aliphatic rings. The molecule has 2 aromatic rings. The van der Waals surface area contributed by atoms with Gasteiger partial charge in [-0.3, -0.25) is 4.31 Å². The second-order valence-corrected chi connectivity index (χ2v) is 9.50. The SMILES string of the molecule is CSN(C)c1nc(-c2ccc(F)cc2)c(/C=C/C(O)CC(O)CC2OCCCO2)c(C(C)C)n1. The molecule has 1 aliphatic heterocycles. The van der Waals surface area contributed by atoms with Crippen LogP contribution in [0.1, 0.15) is 50.3 Å². The molecule has 3 rings (SSSR count). The number of hydrogen-bond donors (Lipinski definition) is 2. The van der Waals surface area contributed by atoms with Crippen molar-refractivity contribution >= 4 is 24.0 Å². The zero-order valence-electron chi connectivity index (χ0n) is 20.1. The van der Waals surface area contributed by atoms with Gasteiger partial charge in [0.25, 0.3) is 0 Å². The Labute approximate surface area is 205 Å². The van der Waals surface area contributed by atoms with E-state index in [1.54, 1.807) is 24.3 Å². The zero-order chi connectivity index (χ0) is 24.7. The van der Waals surface area contributed by atoms with Crippen molar-refractivity contribution in [1.82, 2.24) is 9.97 Å². The van der Waals surface area contributed by atoms with Crippen molar-refractivity contribution in [3.05, 3.63) is 47.4 Å². The molecule has 34 heavy (non-hydrogen) atoms. The predicted octanol–water partition coefficient (Wildman–Crippen LogP) is 4.40. The molecule has 0 amide bonds. The van der Waals surface area contributed by atoms with Crippen LogP contribution >= 0.6 is 11.9 Å². The molecule has 2 atom stereocenters. The summed E-state index contributed by atoms with van der Waals surface area (Å²) in [5.41, 5.74) is 2.98. The molecular weight excluding hydrogens is 457 g/mol. The van der Waals surface area contributed by atoms with Gasteiger partial charge in [0.05, 0.1) is 36.8 Å². The van der Waals surface area contributed by atoms with Crippen molar-refractivity contribution in [2.24, 2.45) is 0 Å². The van der Waals surface area contributed by atoms with Gasteiger partial charge in [0.1, 0.15) is 5.82 Å². The minimum Gasteiger partial charge on any atom is -0.393 e. The van der Waals surface area contributed by atoms with Gasteiger partial charge < -0.3 is 19.7 Å².